The van der Waals surface area contributed by atoms with Gasteiger partial charge in [0.15, 0.2) is 11.5 Å². The Morgan fingerprint density at radius 3 is 2.80 bits per heavy atom. The van der Waals surface area contributed by atoms with Crippen LogP contribution in [0.1, 0.15) is 20.3 Å². The summed E-state index contributed by atoms with van der Waals surface area (Å²) < 4.78 is 5.09. The number of rotatable bonds is 2. The molecule has 0 unspecified atom stereocenters. The minimum absolute atomic E-state index is 0.0596. The van der Waals surface area contributed by atoms with Crippen molar-refractivity contribution in [2.24, 2.45) is 5.92 Å². The van der Waals surface area contributed by atoms with Gasteiger partial charge in [-0.2, -0.15) is 0 Å². The van der Waals surface area contributed by atoms with Crippen LogP contribution in [0.15, 0.2) is 11.8 Å². The highest BCUT2D eigenvalue weighted by Gasteiger charge is 2.17. The highest BCUT2D eigenvalue weighted by molar-refractivity contribution is 5.95. The molecule has 1 heterocycles. The maximum absolute atomic E-state index is 11.2. The first-order valence-corrected chi connectivity index (χ1v) is 3.59. The van der Waals surface area contributed by atoms with Gasteiger partial charge in [-0.25, -0.2) is 0 Å². The van der Waals surface area contributed by atoms with Crippen molar-refractivity contribution >= 4 is 5.78 Å². The van der Waals surface area contributed by atoms with E-state index in [1.807, 2.05) is 19.9 Å². The lowest BCUT2D eigenvalue weighted by molar-refractivity contribution is -0.121. The van der Waals surface area contributed by atoms with Gasteiger partial charge in [0, 0.05) is 12.3 Å². The summed E-state index contributed by atoms with van der Waals surface area (Å²) in [4.78, 5) is 11.2. The molecule has 0 aromatic heterocycles. The van der Waals surface area contributed by atoms with Crippen LogP contribution in [0.5, 0.6) is 0 Å². The van der Waals surface area contributed by atoms with Crippen molar-refractivity contribution in [1.82, 2.24) is 0 Å². The first-order chi connectivity index (χ1) is 4.72. The summed E-state index contributed by atoms with van der Waals surface area (Å²) in [7, 11) is 0. The van der Waals surface area contributed by atoms with Crippen LogP contribution >= 0.6 is 0 Å². The third-order valence-electron chi connectivity index (χ3n) is 1.47. The smallest absolute Gasteiger partial charge is 0.199 e. The lowest BCUT2D eigenvalue weighted by atomic mass is 10.1. The number of allylic oxidation sites excluding steroid dienone is 1. The predicted octanol–water partition coefficient (Wildman–Crippen LogP) is 1.52. The zero-order chi connectivity index (χ0) is 7.56. The lowest BCUT2D eigenvalue weighted by Crippen LogP contribution is -2.10. The molecule has 0 radical (unpaired) electrons. The average Bonchev–Trinajstić information content (AvgIpc) is 2.36. The topological polar surface area (TPSA) is 26.3 Å². The third kappa shape index (κ3) is 1.38. The first-order valence-electron chi connectivity index (χ1n) is 3.59. The summed E-state index contributed by atoms with van der Waals surface area (Å²) >= 11 is 0. The second kappa shape index (κ2) is 2.86. The summed E-state index contributed by atoms with van der Waals surface area (Å²) in [5, 5.41) is 0. The number of carbonyl (C=O) groups is 1. The van der Waals surface area contributed by atoms with E-state index in [0.717, 1.165) is 6.42 Å². The van der Waals surface area contributed by atoms with Crippen molar-refractivity contribution in [3.63, 3.8) is 0 Å². The maximum atomic E-state index is 11.2. The molecule has 0 atom stereocenters. The first kappa shape index (κ1) is 7.32. The highest BCUT2D eigenvalue weighted by atomic mass is 16.5. The molecule has 0 aromatic rings. The Kier molecular flexibility index (Phi) is 2.10. The largest absolute Gasteiger partial charge is 0.490 e. The van der Waals surface area contributed by atoms with Crippen LogP contribution in [0.4, 0.5) is 0 Å². The monoisotopic (exact) mass is 140 g/mol. The van der Waals surface area contributed by atoms with Crippen LogP contribution in [0.3, 0.4) is 0 Å². The fourth-order valence-corrected chi connectivity index (χ4v) is 0.874. The molecule has 56 valence electrons. The van der Waals surface area contributed by atoms with Crippen molar-refractivity contribution in [3.8, 4) is 0 Å². The number of Topliss-reactive ketones (excluding diaryl/α,β-unsaturated/α-hetero) is 1. The van der Waals surface area contributed by atoms with Gasteiger partial charge in [0.2, 0.25) is 0 Å². The number of carbonyl (C=O) groups excluding carboxylic acids is 1. The van der Waals surface area contributed by atoms with Gasteiger partial charge in [-0.1, -0.05) is 13.8 Å². The van der Waals surface area contributed by atoms with E-state index >= 15 is 0 Å². The Labute approximate surface area is 60.9 Å². The number of ether oxygens (including phenoxy) is 1. The van der Waals surface area contributed by atoms with Crippen LogP contribution in [0.2, 0.25) is 0 Å². The van der Waals surface area contributed by atoms with Gasteiger partial charge in [-0.15, -0.1) is 0 Å². The molecule has 0 spiro atoms. The molecular formula is C8H12O2. The Morgan fingerprint density at radius 1 is 1.70 bits per heavy atom. The van der Waals surface area contributed by atoms with Crippen LogP contribution in [0.25, 0.3) is 0 Å². The van der Waals surface area contributed by atoms with Gasteiger partial charge in [-0.3, -0.25) is 4.79 Å². The summed E-state index contributed by atoms with van der Waals surface area (Å²) in [5.74, 6) is 0.747. The molecule has 2 heteroatoms. The maximum Gasteiger partial charge on any atom is 0.199 e. The van der Waals surface area contributed by atoms with Gasteiger partial charge < -0.3 is 4.74 Å². The number of ketones is 1. The fourth-order valence-electron chi connectivity index (χ4n) is 0.874. The van der Waals surface area contributed by atoms with E-state index in [4.69, 9.17) is 4.74 Å². The Bertz CT molecular complexity index is 168. The Hall–Kier alpha value is -0.790. The van der Waals surface area contributed by atoms with E-state index in [0.29, 0.717) is 12.4 Å². The summed E-state index contributed by atoms with van der Waals surface area (Å²) in [6.45, 7) is 4.43. The summed E-state index contributed by atoms with van der Waals surface area (Å²) in [6.07, 6.45) is 2.75. The van der Waals surface area contributed by atoms with Crippen LogP contribution < -0.4 is 0 Å². The molecule has 0 saturated heterocycles. The molecule has 1 rings (SSSR count). The molecule has 2 nitrogen and oxygen atoms in total. The minimum Gasteiger partial charge on any atom is -0.490 e. The normalized spacial score (nSPS) is 16.9. The second-order valence-corrected chi connectivity index (χ2v) is 2.72. The van der Waals surface area contributed by atoms with Crippen molar-refractivity contribution in [3.05, 3.63) is 11.8 Å². The molecule has 0 aromatic carbocycles. The SMILES string of the molecule is CC(C)C(=O)C1=CCCO1. The molecule has 10 heavy (non-hydrogen) atoms. The van der Waals surface area contributed by atoms with E-state index in [1.54, 1.807) is 0 Å². The molecule has 0 amide bonds. The molecule has 0 aliphatic carbocycles. The molecule has 0 fully saturated rings. The lowest BCUT2D eigenvalue weighted by Gasteiger charge is -2.03. The quantitative estimate of drug-likeness (QED) is 0.581. The van der Waals surface area contributed by atoms with E-state index in [9.17, 15) is 4.79 Å². The second-order valence-electron chi connectivity index (χ2n) is 2.72. The van der Waals surface area contributed by atoms with Crippen LogP contribution in [-0.4, -0.2) is 12.4 Å². The zero-order valence-electron chi connectivity index (χ0n) is 6.39. The van der Waals surface area contributed by atoms with Crippen LogP contribution in [0, 0.1) is 5.92 Å². The van der Waals surface area contributed by atoms with E-state index in [1.165, 1.54) is 0 Å². The van der Waals surface area contributed by atoms with Crippen molar-refractivity contribution in [1.29, 1.82) is 0 Å². The number of hydrogen-bond acceptors (Lipinski definition) is 2. The van der Waals surface area contributed by atoms with Gasteiger partial charge >= 0.3 is 0 Å². The van der Waals surface area contributed by atoms with E-state index < -0.39 is 0 Å². The van der Waals surface area contributed by atoms with Gasteiger partial charge in [0.25, 0.3) is 0 Å². The van der Waals surface area contributed by atoms with Gasteiger partial charge in [-0.05, 0) is 6.08 Å². The molecule has 1 aliphatic heterocycles. The van der Waals surface area contributed by atoms with E-state index in [2.05, 4.69) is 0 Å². The van der Waals surface area contributed by atoms with Gasteiger partial charge in [0.1, 0.15) is 0 Å². The number of hydrogen-bond donors (Lipinski definition) is 0. The minimum atomic E-state index is 0.0596. The van der Waals surface area contributed by atoms with Gasteiger partial charge in [0.05, 0.1) is 6.61 Å². The van der Waals surface area contributed by atoms with Crippen molar-refractivity contribution in [2.45, 2.75) is 20.3 Å². The molecule has 0 N–H and O–H groups in total. The predicted molar refractivity (Wildman–Crippen MR) is 38.5 cm³/mol. The average molecular weight is 140 g/mol. The molecule has 0 saturated carbocycles. The van der Waals surface area contributed by atoms with Crippen molar-refractivity contribution < 1.29 is 9.53 Å². The van der Waals surface area contributed by atoms with Crippen molar-refractivity contribution in [2.75, 3.05) is 6.61 Å². The summed E-state index contributed by atoms with van der Waals surface area (Å²) in [6, 6.07) is 0. The van der Waals surface area contributed by atoms with E-state index in [-0.39, 0.29) is 11.7 Å². The Morgan fingerprint density at radius 2 is 2.40 bits per heavy atom. The molecular weight excluding hydrogens is 128 g/mol. The third-order valence-corrected chi connectivity index (χ3v) is 1.47. The standard InChI is InChI=1S/C8H12O2/c1-6(2)8(9)7-4-3-5-10-7/h4,6H,3,5H2,1-2H3. The van der Waals surface area contributed by atoms with Crippen LogP contribution in [-0.2, 0) is 9.53 Å². The summed E-state index contributed by atoms with van der Waals surface area (Å²) in [5.41, 5.74) is 0. The highest BCUT2D eigenvalue weighted by Crippen LogP contribution is 2.13. The Balaban J connectivity index is 2.56. The zero-order valence-corrected chi connectivity index (χ0v) is 6.39. The molecule has 1 aliphatic rings. The molecule has 0 bridgehead atoms. The fraction of sp³-hybridized carbons (Fsp3) is 0.625.